The molecule has 0 saturated carbocycles. The second-order valence-electron chi connectivity index (χ2n) is 3.79. The predicted octanol–water partition coefficient (Wildman–Crippen LogP) is -0.185. The first kappa shape index (κ1) is 8.65. The summed E-state index contributed by atoms with van der Waals surface area (Å²) in [6.45, 7) is 0. The van der Waals surface area contributed by atoms with Crippen LogP contribution in [0.5, 0.6) is 0 Å². The molecule has 1 atom stereocenters. The molecule has 15 heavy (non-hydrogen) atoms. The standard InChI is InChI=1S/C13H11NO/c15-14-9-10-5-1-2-6-11(10)12-7-3-4-8-13(12)14/h1-6,8-9,14H,7H2. The molecule has 2 aliphatic rings. The molecular formula is C13H11NO. The monoisotopic (exact) mass is 197 g/mol. The van der Waals surface area contributed by atoms with Crippen molar-refractivity contribution in [2.75, 3.05) is 0 Å². The summed E-state index contributed by atoms with van der Waals surface area (Å²) in [6.07, 6.45) is 8.55. The number of fused-ring (bicyclic) bond motifs is 2. The Morgan fingerprint density at radius 2 is 2.07 bits per heavy atom. The number of hydroxylamine groups is 2. The van der Waals surface area contributed by atoms with Crippen LogP contribution in [0.3, 0.4) is 0 Å². The molecule has 0 saturated heterocycles. The van der Waals surface area contributed by atoms with E-state index in [1.165, 1.54) is 10.8 Å². The third-order valence-corrected chi connectivity index (χ3v) is 2.88. The first-order valence-electron chi connectivity index (χ1n) is 5.08. The van der Waals surface area contributed by atoms with Crippen molar-refractivity contribution < 1.29 is 5.06 Å². The van der Waals surface area contributed by atoms with Gasteiger partial charge in [0.2, 0.25) is 0 Å². The number of benzene rings is 1. The van der Waals surface area contributed by atoms with Crippen LogP contribution in [0.25, 0.3) is 11.8 Å². The van der Waals surface area contributed by atoms with E-state index >= 15 is 0 Å². The van der Waals surface area contributed by atoms with Gasteiger partial charge in [-0.15, -0.1) is 0 Å². The van der Waals surface area contributed by atoms with Gasteiger partial charge in [0, 0.05) is 10.8 Å². The molecule has 1 N–H and O–H groups in total. The largest absolute Gasteiger partial charge is 0.624 e. The van der Waals surface area contributed by atoms with E-state index in [0.29, 0.717) is 0 Å². The van der Waals surface area contributed by atoms with Crippen LogP contribution in [0.1, 0.15) is 6.42 Å². The summed E-state index contributed by atoms with van der Waals surface area (Å²) in [7, 11) is 0. The van der Waals surface area contributed by atoms with Gasteiger partial charge in [0.25, 0.3) is 0 Å². The van der Waals surface area contributed by atoms with Gasteiger partial charge < -0.3 is 10.3 Å². The molecule has 0 radical (unpaired) electrons. The Morgan fingerprint density at radius 1 is 1.20 bits per heavy atom. The summed E-state index contributed by atoms with van der Waals surface area (Å²) < 4.78 is 0. The molecule has 0 spiro atoms. The molecule has 1 heterocycles. The van der Waals surface area contributed by atoms with Gasteiger partial charge in [-0.05, 0) is 23.8 Å². The summed E-state index contributed by atoms with van der Waals surface area (Å²) in [4.78, 5) is 0. The summed E-state index contributed by atoms with van der Waals surface area (Å²) in [6, 6.07) is 8.07. The average molecular weight is 197 g/mol. The van der Waals surface area contributed by atoms with Crippen LogP contribution in [-0.4, -0.2) is 0 Å². The van der Waals surface area contributed by atoms with Gasteiger partial charge in [0.1, 0.15) is 11.9 Å². The second-order valence-corrected chi connectivity index (χ2v) is 3.79. The Labute approximate surface area is 87.7 Å². The number of hydrogen-bond donors (Lipinski definition) is 1. The molecule has 0 aromatic heterocycles. The zero-order valence-electron chi connectivity index (χ0n) is 8.23. The molecule has 3 rings (SSSR count). The van der Waals surface area contributed by atoms with E-state index in [1.54, 1.807) is 6.20 Å². The molecule has 2 nitrogen and oxygen atoms in total. The average Bonchev–Trinajstić information content (AvgIpc) is 2.30. The fourth-order valence-electron chi connectivity index (χ4n) is 2.16. The summed E-state index contributed by atoms with van der Waals surface area (Å²) >= 11 is 0. The van der Waals surface area contributed by atoms with E-state index < -0.39 is 0 Å². The topological polar surface area (TPSA) is 27.5 Å². The minimum absolute atomic E-state index is 0.132. The number of allylic oxidation sites excluding steroid dienone is 4. The number of hydrogen-bond acceptors (Lipinski definition) is 1. The highest BCUT2D eigenvalue weighted by molar-refractivity contribution is 5.66. The van der Waals surface area contributed by atoms with Crippen molar-refractivity contribution in [3.63, 3.8) is 0 Å². The lowest BCUT2D eigenvalue weighted by Gasteiger charge is -2.26. The molecule has 1 aliphatic carbocycles. The zero-order valence-corrected chi connectivity index (χ0v) is 8.23. The SMILES string of the molecule is [O-][NH+]1C=c2ccccc2=C2CC=CC=C21. The Morgan fingerprint density at radius 3 is 3.00 bits per heavy atom. The van der Waals surface area contributed by atoms with Crippen molar-refractivity contribution >= 4 is 11.8 Å². The van der Waals surface area contributed by atoms with Crippen molar-refractivity contribution in [1.82, 2.24) is 0 Å². The quantitative estimate of drug-likeness (QED) is 0.574. The minimum atomic E-state index is 0.132. The Kier molecular flexibility index (Phi) is 1.84. The molecule has 0 fully saturated rings. The van der Waals surface area contributed by atoms with Crippen molar-refractivity contribution in [2.24, 2.45) is 0 Å². The van der Waals surface area contributed by atoms with Gasteiger partial charge >= 0.3 is 0 Å². The van der Waals surface area contributed by atoms with Crippen LogP contribution in [0.4, 0.5) is 0 Å². The van der Waals surface area contributed by atoms with Crippen LogP contribution in [-0.2, 0) is 0 Å². The van der Waals surface area contributed by atoms with Gasteiger partial charge in [-0.2, -0.15) is 0 Å². The van der Waals surface area contributed by atoms with Gasteiger partial charge in [0.15, 0.2) is 0 Å². The lowest BCUT2D eigenvalue weighted by molar-refractivity contribution is -0.709. The fraction of sp³-hybridized carbons (Fsp3) is 0.0769. The van der Waals surface area contributed by atoms with Crippen LogP contribution < -0.4 is 15.5 Å². The maximum Gasteiger partial charge on any atom is 0.139 e. The minimum Gasteiger partial charge on any atom is -0.624 e. The van der Waals surface area contributed by atoms with E-state index in [1.807, 2.05) is 30.4 Å². The molecule has 2 heteroatoms. The maximum absolute atomic E-state index is 11.8. The third-order valence-electron chi connectivity index (χ3n) is 2.88. The highest BCUT2D eigenvalue weighted by atomic mass is 16.5. The van der Waals surface area contributed by atoms with Gasteiger partial charge in [-0.1, -0.05) is 30.4 Å². The van der Waals surface area contributed by atoms with E-state index in [4.69, 9.17) is 0 Å². The molecule has 1 aliphatic heterocycles. The van der Waals surface area contributed by atoms with Crippen molar-refractivity contribution in [2.45, 2.75) is 6.42 Å². The van der Waals surface area contributed by atoms with Crippen molar-refractivity contribution in [3.05, 3.63) is 63.8 Å². The number of nitrogens with one attached hydrogen (secondary N) is 1. The predicted molar refractivity (Wildman–Crippen MR) is 59.7 cm³/mol. The molecule has 74 valence electrons. The smallest absolute Gasteiger partial charge is 0.139 e. The number of quaternary nitrogens is 1. The molecule has 1 aromatic carbocycles. The van der Waals surface area contributed by atoms with Gasteiger partial charge in [0.05, 0.1) is 0 Å². The molecular weight excluding hydrogens is 186 g/mol. The van der Waals surface area contributed by atoms with E-state index in [2.05, 4.69) is 12.1 Å². The van der Waals surface area contributed by atoms with Crippen molar-refractivity contribution in [3.8, 4) is 0 Å². The van der Waals surface area contributed by atoms with Gasteiger partial charge in [-0.25, -0.2) is 0 Å². The Hall–Kier alpha value is -1.64. The second kappa shape index (κ2) is 3.19. The van der Waals surface area contributed by atoms with Crippen LogP contribution in [0.2, 0.25) is 0 Å². The lowest BCUT2D eigenvalue weighted by Crippen LogP contribution is -3.01. The van der Waals surface area contributed by atoms with E-state index in [9.17, 15) is 5.21 Å². The summed E-state index contributed by atoms with van der Waals surface area (Å²) in [5.74, 6) is 0. The third kappa shape index (κ3) is 1.27. The zero-order chi connectivity index (χ0) is 10.3. The highest BCUT2D eigenvalue weighted by Gasteiger charge is 2.17. The molecule has 0 amide bonds. The molecule has 1 aromatic rings. The molecule has 0 bridgehead atoms. The maximum atomic E-state index is 11.8. The first-order chi connectivity index (χ1) is 7.36. The molecule has 1 unspecified atom stereocenters. The Bertz CT molecular complexity index is 581. The van der Waals surface area contributed by atoms with Crippen LogP contribution in [0, 0.1) is 5.21 Å². The van der Waals surface area contributed by atoms with Gasteiger partial charge in [-0.3, -0.25) is 0 Å². The summed E-state index contributed by atoms with van der Waals surface area (Å²) in [5.41, 5.74) is 2.02. The van der Waals surface area contributed by atoms with E-state index in [0.717, 1.165) is 17.3 Å². The number of rotatable bonds is 0. The fourth-order valence-corrected chi connectivity index (χ4v) is 2.16. The van der Waals surface area contributed by atoms with Crippen LogP contribution >= 0.6 is 0 Å². The highest BCUT2D eigenvalue weighted by Crippen LogP contribution is 2.14. The Balaban J connectivity index is 2.42. The van der Waals surface area contributed by atoms with E-state index in [-0.39, 0.29) is 5.06 Å². The van der Waals surface area contributed by atoms with Crippen LogP contribution in [0.15, 0.2) is 48.2 Å². The normalized spacial score (nSPS) is 22.6. The summed E-state index contributed by atoms with van der Waals surface area (Å²) in [5, 5.41) is 14.2. The first-order valence-corrected chi connectivity index (χ1v) is 5.08. The van der Waals surface area contributed by atoms with Crippen molar-refractivity contribution in [1.29, 1.82) is 0 Å². The lowest BCUT2D eigenvalue weighted by atomic mass is 9.98.